The molecule has 1 saturated carbocycles. The number of hydrogen-bond acceptors (Lipinski definition) is 3. The maximum atomic E-state index is 13.1. The van der Waals surface area contributed by atoms with Gasteiger partial charge >= 0.3 is 0 Å². The minimum Gasteiger partial charge on any atom is -0.298 e. The smallest absolute Gasteiger partial charge is 0.175 e. The average molecular weight is 314 g/mol. The van der Waals surface area contributed by atoms with Crippen LogP contribution in [-0.2, 0) is 14.6 Å². The van der Waals surface area contributed by atoms with Crippen LogP contribution in [0.15, 0.2) is 35.2 Å². The van der Waals surface area contributed by atoms with Crippen molar-refractivity contribution in [3.8, 4) is 0 Å². The number of sulfone groups is 1. The van der Waals surface area contributed by atoms with Crippen molar-refractivity contribution >= 4 is 21.7 Å². The zero-order valence-electron chi connectivity index (χ0n) is 11.5. The Morgan fingerprint density at radius 1 is 1.14 bits per heavy atom. The van der Waals surface area contributed by atoms with Gasteiger partial charge in [-0.25, -0.2) is 17.2 Å². The van der Waals surface area contributed by atoms with Gasteiger partial charge in [-0.1, -0.05) is 18.2 Å². The first-order valence-corrected chi connectivity index (χ1v) is 8.46. The summed E-state index contributed by atoms with van der Waals surface area (Å²) in [6, 6.07) is 5.86. The SMILES string of the molecule is CS(=O)(=O)c1ccc(C(C=O)=CC2CC(F)C(F)C2)cc1. The Kier molecular flexibility index (Phi) is 4.56. The minimum atomic E-state index is -3.30. The van der Waals surface area contributed by atoms with Gasteiger partial charge in [0, 0.05) is 11.8 Å². The lowest BCUT2D eigenvalue weighted by Gasteiger charge is -2.06. The van der Waals surface area contributed by atoms with Crippen molar-refractivity contribution in [2.75, 3.05) is 6.26 Å². The topological polar surface area (TPSA) is 51.2 Å². The van der Waals surface area contributed by atoms with Crippen LogP contribution in [0.1, 0.15) is 18.4 Å². The van der Waals surface area contributed by atoms with E-state index in [1.165, 1.54) is 24.3 Å². The molecule has 3 nitrogen and oxygen atoms in total. The van der Waals surface area contributed by atoms with E-state index in [2.05, 4.69) is 0 Å². The van der Waals surface area contributed by atoms with Crippen molar-refractivity contribution in [2.24, 2.45) is 5.92 Å². The van der Waals surface area contributed by atoms with E-state index < -0.39 is 22.2 Å². The van der Waals surface area contributed by atoms with E-state index in [0.29, 0.717) is 17.4 Å². The van der Waals surface area contributed by atoms with E-state index >= 15 is 0 Å². The van der Waals surface area contributed by atoms with E-state index in [-0.39, 0.29) is 23.7 Å². The predicted molar refractivity (Wildman–Crippen MR) is 76.1 cm³/mol. The van der Waals surface area contributed by atoms with Gasteiger partial charge in [0.2, 0.25) is 0 Å². The second-order valence-corrected chi connectivity index (χ2v) is 7.32. The fourth-order valence-corrected chi connectivity index (χ4v) is 3.09. The summed E-state index contributed by atoms with van der Waals surface area (Å²) in [6.45, 7) is 0. The highest BCUT2D eigenvalue weighted by molar-refractivity contribution is 7.90. The van der Waals surface area contributed by atoms with E-state index in [1.54, 1.807) is 6.08 Å². The Morgan fingerprint density at radius 2 is 1.67 bits per heavy atom. The largest absolute Gasteiger partial charge is 0.298 e. The first kappa shape index (κ1) is 15.8. The second-order valence-electron chi connectivity index (χ2n) is 5.30. The number of halogens is 2. The lowest BCUT2D eigenvalue weighted by Crippen LogP contribution is -2.06. The van der Waals surface area contributed by atoms with E-state index in [1.807, 2.05) is 0 Å². The van der Waals surface area contributed by atoms with E-state index in [9.17, 15) is 22.0 Å². The fourth-order valence-electron chi connectivity index (χ4n) is 2.46. The van der Waals surface area contributed by atoms with Crippen molar-refractivity contribution in [1.82, 2.24) is 0 Å². The molecule has 1 aliphatic carbocycles. The van der Waals surface area contributed by atoms with Crippen LogP contribution < -0.4 is 0 Å². The normalized spacial score (nSPS) is 26.8. The molecule has 1 fully saturated rings. The number of alkyl halides is 2. The number of hydrogen-bond donors (Lipinski definition) is 0. The third kappa shape index (κ3) is 3.75. The number of rotatable bonds is 4. The van der Waals surface area contributed by atoms with Gasteiger partial charge in [0.05, 0.1) is 4.90 Å². The quantitative estimate of drug-likeness (QED) is 0.634. The lowest BCUT2D eigenvalue weighted by molar-refractivity contribution is -0.103. The Hall–Kier alpha value is -1.56. The van der Waals surface area contributed by atoms with Gasteiger partial charge in [-0.05, 0) is 36.5 Å². The van der Waals surface area contributed by atoms with Gasteiger partial charge in [-0.2, -0.15) is 0 Å². The lowest BCUT2D eigenvalue weighted by atomic mass is 9.99. The molecule has 0 heterocycles. The molecule has 6 heteroatoms. The maximum Gasteiger partial charge on any atom is 0.175 e. The monoisotopic (exact) mass is 314 g/mol. The van der Waals surface area contributed by atoms with Gasteiger partial charge < -0.3 is 0 Å². The highest BCUT2D eigenvalue weighted by Gasteiger charge is 2.33. The molecule has 0 radical (unpaired) electrons. The molecule has 0 bridgehead atoms. The predicted octanol–water partition coefficient (Wildman–Crippen LogP) is 2.76. The number of benzene rings is 1. The first-order chi connectivity index (χ1) is 9.81. The van der Waals surface area contributed by atoms with Crippen LogP contribution in [0.3, 0.4) is 0 Å². The summed E-state index contributed by atoms with van der Waals surface area (Å²) in [7, 11) is -3.30. The Morgan fingerprint density at radius 3 is 2.10 bits per heavy atom. The van der Waals surface area contributed by atoms with Gasteiger partial charge in [0.25, 0.3) is 0 Å². The summed E-state index contributed by atoms with van der Waals surface area (Å²) in [4.78, 5) is 11.3. The highest BCUT2D eigenvalue weighted by Crippen LogP contribution is 2.33. The molecule has 21 heavy (non-hydrogen) atoms. The number of aldehydes is 1. The molecule has 0 spiro atoms. The van der Waals surface area contributed by atoms with E-state index in [0.717, 1.165) is 6.26 Å². The molecule has 0 aromatic heterocycles. The highest BCUT2D eigenvalue weighted by atomic mass is 32.2. The summed E-state index contributed by atoms with van der Waals surface area (Å²) in [5, 5.41) is 0. The molecular weight excluding hydrogens is 298 g/mol. The molecule has 0 N–H and O–H groups in total. The van der Waals surface area contributed by atoms with Crippen molar-refractivity contribution < 1.29 is 22.0 Å². The van der Waals surface area contributed by atoms with Gasteiger partial charge in [-0.15, -0.1) is 0 Å². The van der Waals surface area contributed by atoms with Crippen molar-refractivity contribution in [3.05, 3.63) is 35.9 Å². The zero-order valence-corrected chi connectivity index (χ0v) is 12.3. The van der Waals surface area contributed by atoms with Crippen molar-refractivity contribution in [3.63, 3.8) is 0 Å². The van der Waals surface area contributed by atoms with Crippen LogP contribution in [0.5, 0.6) is 0 Å². The van der Waals surface area contributed by atoms with Gasteiger partial charge in [0.1, 0.15) is 18.6 Å². The number of allylic oxidation sites excluding steroid dienone is 2. The van der Waals surface area contributed by atoms with Crippen LogP contribution in [0.2, 0.25) is 0 Å². The maximum absolute atomic E-state index is 13.1. The number of carbonyl (C=O) groups is 1. The summed E-state index contributed by atoms with van der Waals surface area (Å²) in [5.41, 5.74) is 0.858. The summed E-state index contributed by atoms with van der Waals surface area (Å²) < 4.78 is 49.0. The second kappa shape index (κ2) is 6.05. The summed E-state index contributed by atoms with van der Waals surface area (Å²) in [5.74, 6) is -0.315. The average Bonchev–Trinajstić information content (AvgIpc) is 2.74. The molecular formula is C15H16F2O3S. The molecule has 2 unspecified atom stereocenters. The van der Waals surface area contributed by atoms with Crippen LogP contribution >= 0.6 is 0 Å². The van der Waals surface area contributed by atoms with Gasteiger partial charge in [-0.3, -0.25) is 4.79 Å². The third-order valence-corrected chi connectivity index (χ3v) is 4.73. The molecule has 2 atom stereocenters. The van der Waals surface area contributed by atoms with Crippen LogP contribution in [0.25, 0.3) is 5.57 Å². The van der Waals surface area contributed by atoms with Crippen molar-refractivity contribution in [1.29, 1.82) is 0 Å². The van der Waals surface area contributed by atoms with Crippen LogP contribution in [0, 0.1) is 5.92 Å². The third-order valence-electron chi connectivity index (χ3n) is 3.61. The molecule has 1 aromatic rings. The minimum absolute atomic E-state index is 0.0694. The van der Waals surface area contributed by atoms with Crippen LogP contribution in [0.4, 0.5) is 8.78 Å². The van der Waals surface area contributed by atoms with E-state index in [4.69, 9.17) is 0 Å². The standard InChI is InChI=1S/C15H16F2O3S/c1-21(19,20)13-4-2-11(3-5-13)12(9-18)6-10-7-14(16)15(17)8-10/h2-6,9-10,14-15H,7-8H2,1H3. The number of carbonyl (C=O) groups excluding carboxylic acids is 1. The molecule has 1 aromatic carbocycles. The summed E-state index contributed by atoms with van der Waals surface area (Å²) >= 11 is 0. The fraction of sp³-hybridized carbons (Fsp3) is 0.400. The molecule has 0 aliphatic heterocycles. The molecule has 1 aliphatic rings. The Labute approximate surface area is 122 Å². The van der Waals surface area contributed by atoms with Gasteiger partial charge in [0.15, 0.2) is 9.84 Å². The molecule has 0 amide bonds. The van der Waals surface area contributed by atoms with Crippen LogP contribution in [-0.4, -0.2) is 33.3 Å². The van der Waals surface area contributed by atoms with Crippen molar-refractivity contribution in [2.45, 2.75) is 30.1 Å². The summed E-state index contributed by atoms with van der Waals surface area (Å²) in [6.07, 6.45) is 0.459. The molecule has 2 rings (SSSR count). The first-order valence-electron chi connectivity index (χ1n) is 6.57. The zero-order chi connectivity index (χ0) is 15.6. The Balaban J connectivity index is 2.24. The molecule has 114 valence electrons. The Bertz CT molecular complexity index is 640. The molecule has 0 saturated heterocycles.